The monoisotopic (exact) mass is 212 g/mol. The number of rotatable bonds is 6. The van der Waals surface area contributed by atoms with Crippen molar-refractivity contribution in [1.82, 2.24) is 9.97 Å². The minimum atomic E-state index is 0.358. The fourth-order valence-electron chi connectivity index (χ4n) is 1.06. The summed E-state index contributed by atoms with van der Waals surface area (Å²) in [6.45, 7) is 3.09. The summed E-state index contributed by atoms with van der Waals surface area (Å²) < 4.78 is 10.3. The van der Waals surface area contributed by atoms with Crippen LogP contribution in [0.2, 0.25) is 0 Å². The molecule has 0 spiro atoms. The van der Waals surface area contributed by atoms with Crippen molar-refractivity contribution in [3.8, 4) is 5.88 Å². The number of hydrogen-bond donors (Lipinski definition) is 2. The average Bonchev–Trinajstić information content (AvgIpc) is 2.23. The minimum Gasteiger partial charge on any atom is -0.477 e. The zero-order chi connectivity index (χ0) is 11.1. The molecular formula is C9H16N4O2. The Kier molecular flexibility index (Phi) is 4.79. The lowest BCUT2D eigenvalue weighted by Crippen LogP contribution is -2.12. The summed E-state index contributed by atoms with van der Waals surface area (Å²) in [5.41, 5.74) is 3.19. The van der Waals surface area contributed by atoms with E-state index in [0.29, 0.717) is 25.0 Å². The number of nitrogens with two attached hydrogens (primary N) is 1. The van der Waals surface area contributed by atoms with Crippen molar-refractivity contribution in [1.29, 1.82) is 0 Å². The molecule has 3 N–H and O–H groups in total. The zero-order valence-electron chi connectivity index (χ0n) is 8.99. The lowest BCUT2D eigenvalue weighted by Gasteiger charge is -2.07. The van der Waals surface area contributed by atoms with Crippen molar-refractivity contribution in [2.45, 2.75) is 13.3 Å². The van der Waals surface area contributed by atoms with E-state index < -0.39 is 0 Å². The molecule has 0 bridgehead atoms. The van der Waals surface area contributed by atoms with E-state index in [4.69, 9.17) is 15.3 Å². The number of hydrogen-bond acceptors (Lipinski definition) is 6. The Balaban J connectivity index is 2.49. The third-order valence-corrected chi connectivity index (χ3v) is 1.70. The molecule has 0 amide bonds. The van der Waals surface area contributed by atoms with Gasteiger partial charge in [-0.2, -0.15) is 4.98 Å². The van der Waals surface area contributed by atoms with Gasteiger partial charge >= 0.3 is 0 Å². The lowest BCUT2D eigenvalue weighted by atomic mass is 10.4. The minimum absolute atomic E-state index is 0.358. The van der Waals surface area contributed by atoms with Gasteiger partial charge in [0.25, 0.3) is 0 Å². The predicted molar refractivity (Wildman–Crippen MR) is 56.6 cm³/mol. The molecule has 0 aliphatic carbocycles. The van der Waals surface area contributed by atoms with Crippen molar-refractivity contribution in [2.24, 2.45) is 5.84 Å². The molecular weight excluding hydrogens is 196 g/mol. The van der Waals surface area contributed by atoms with Gasteiger partial charge in [-0.05, 0) is 6.92 Å². The van der Waals surface area contributed by atoms with E-state index >= 15 is 0 Å². The van der Waals surface area contributed by atoms with Crippen LogP contribution in [0.15, 0.2) is 6.07 Å². The van der Waals surface area contributed by atoms with Crippen LogP contribution in [-0.4, -0.2) is 30.3 Å². The molecule has 1 rings (SSSR count). The van der Waals surface area contributed by atoms with Gasteiger partial charge in [0.2, 0.25) is 11.8 Å². The Morgan fingerprint density at radius 2 is 2.20 bits per heavy atom. The molecule has 6 nitrogen and oxygen atoms in total. The molecule has 6 heteroatoms. The second-order valence-corrected chi connectivity index (χ2v) is 3.01. The molecule has 1 heterocycles. The van der Waals surface area contributed by atoms with Gasteiger partial charge in [0, 0.05) is 31.9 Å². The van der Waals surface area contributed by atoms with Gasteiger partial charge in [0.05, 0.1) is 6.61 Å². The van der Waals surface area contributed by atoms with Gasteiger partial charge < -0.3 is 9.47 Å². The van der Waals surface area contributed by atoms with Gasteiger partial charge in [0.15, 0.2) is 0 Å². The fraction of sp³-hybridized carbons (Fsp3) is 0.556. The van der Waals surface area contributed by atoms with Crippen LogP contribution in [0.4, 0.5) is 5.95 Å². The maximum Gasteiger partial charge on any atom is 0.240 e. The molecule has 0 saturated heterocycles. The summed E-state index contributed by atoms with van der Waals surface area (Å²) in [7, 11) is 1.66. The first kappa shape index (κ1) is 11.7. The van der Waals surface area contributed by atoms with Crippen LogP contribution in [0, 0.1) is 6.92 Å². The Morgan fingerprint density at radius 3 is 2.87 bits per heavy atom. The van der Waals surface area contributed by atoms with E-state index in [1.54, 1.807) is 13.2 Å². The van der Waals surface area contributed by atoms with Crippen molar-refractivity contribution < 1.29 is 9.47 Å². The largest absolute Gasteiger partial charge is 0.477 e. The Hall–Kier alpha value is -1.40. The fourth-order valence-corrected chi connectivity index (χ4v) is 1.06. The molecule has 15 heavy (non-hydrogen) atoms. The zero-order valence-corrected chi connectivity index (χ0v) is 8.99. The second-order valence-electron chi connectivity index (χ2n) is 3.01. The lowest BCUT2D eigenvalue weighted by molar-refractivity contribution is 0.170. The number of nitrogen functional groups attached to an aromatic ring is 1. The van der Waals surface area contributed by atoms with Crippen molar-refractivity contribution in [2.75, 3.05) is 25.7 Å². The normalized spacial score (nSPS) is 10.1. The maximum atomic E-state index is 5.40. The van der Waals surface area contributed by atoms with Crippen LogP contribution in [-0.2, 0) is 4.74 Å². The van der Waals surface area contributed by atoms with Crippen LogP contribution in [0.25, 0.3) is 0 Å². The van der Waals surface area contributed by atoms with Gasteiger partial charge in [-0.15, -0.1) is 0 Å². The maximum absolute atomic E-state index is 5.40. The highest BCUT2D eigenvalue weighted by molar-refractivity contribution is 5.28. The molecule has 0 aromatic carbocycles. The first-order chi connectivity index (χ1) is 7.26. The van der Waals surface area contributed by atoms with E-state index in [1.807, 2.05) is 6.92 Å². The van der Waals surface area contributed by atoms with Gasteiger partial charge in [-0.1, -0.05) is 0 Å². The smallest absolute Gasteiger partial charge is 0.240 e. The summed E-state index contributed by atoms with van der Waals surface area (Å²) in [5.74, 6) is 6.09. The first-order valence-electron chi connectivity index (χ1n) is 4.70. The van der Waals surface area contributed by atoms with Gasteiger partial charge in [-0.3, -0.25) is 5.43 Å². The van der Waals surface area contributed by atoms with Crippen LogP contribution >= 0.6 is 0 Å². The summed E-state index contributed by atoms with van der Waals surface area (Å²) in [4.78, 5) is 8.08. The Labute approximate surface area is 88.8 Å². The summed E-state index contributed by atoms with van der Waals surface area (Å²) in [6, 6.07) is 1.76. The summed E-state index contributed by atoms with van der Waals surface area (Å²) in [5, 5.41) is 0. The molecule has 0 aliphatic rings. The number of aryl methyl sites for hydroxylation is 1. The van der Waals surface area contributed by atoms with E-state index in [1.165, 1.54) is 0 Å². The number of methoxy groups -OCH3 is 1. The molecule has 0 radical (unpaired) electrons. The first-order valence-corrected chi connectivity index (χ1v) is 4.70. The highest BCUT2D eigenvalue weighted by Crippen LogP contribution is 2.11. The molecule has 0 fully saturated rings. The highest BCUT2D eigenvalue weighted by atomic mass is 16.5. The number of hydrazine groups is 1. The third kappa shape index (κ3) is 4.09. The molecule has 84 valence electrons. The van der Waals surface area contributed by atoms with Crippen LogP contribution in [0.5, 0.6) is 5.88 Å². The average molecular weight is 212 g/mol. The number of nitrogens with one attached hydrogen (secondary N) is 1. The summed E-state index contributed by atoms with van der Waals surface area (Å²) >= 11 is 0. The second kappa shape index (κ2) is 6.15. The number of anilines is 1. The van der Waals surface area contributed by atoms with Crippen molar-refractivity contribution in [3.63, 3.8) is 0 Å². The quantitative estimate of drug-likeness (QED) is 0.405. The Morgan fingerprint density at radius 1 is 1.40 bits per heavy atom. The molecule has 0 saturated carbocycles. The van der Waals surface area contributed by atoms with E-state index in [0.717, 1.165) is 12.1 Å². The topological polar surface area (TPSA) is 82.3 Å². The predicted octanol–water partition coefficient (Wildman–Crippen LogP) is 0.486. The molecule has 1 aromatic rings. The summed E-state index contributed by atoms with van der Waals surface area (Å²) in [6.07, 6.45) is 0.824. The van der Waals surface area contributed by atoms with Crippen molar-refractivity contribution >= 4 is 5.95 Å². The number of nitrogens with zero attached hydrogens (tertiary/aromatic N) is 2. The SMILES string of the molecule is COCCCOc1cc(C)nc(NN)n1. The third-order valence-electron chi connectivity index (χ3n) is 1.70. The van der Waals surface area contributed by atoms with Crippen LogP contribution < -0.4 is 16.0 Å². The highest BCUT2D eigenvalue weighted by Gasteiger charge is 2.01. The van der Waals surface area contributed by atoms with E-state index in [2.05, 4.69) is 15.4 Å². The van der Waals surface area contributed by atoms with Gasteiger partial charge in [-0.25, -0.2) is 10.8 Å². The van der Waals surface area contributed by atoms with Crippen molar-refractivity contribution in [3.05, 3.63) is 11.8 Å². The van der Waals surface area contributed by atoms with Crippen LogP contribution in [0.3, 0.4) is 0 Å². The van der Waals surface area contributed by atoms with E-state index in [9.17, 15) is 0 Å². The van der Waals surface area contributed by atoms with Gasteiger partial charge in [0.1, 0.15) is 0 Å². The van der Waals surface area contributed by atoms with E-state index in [-0.39, 0.29) is 0 Å². The number of ether oxygens (including phenoxy) is 2. The number of aromatic nitrogens is 2. The standard InChI is InChI=1S/C9H16N4O2/c1-7-6-8(12-9(11-7)13-10)15-5-3-4-14-2/h6H,3-5,10H2,1-2H3,(H,11,12,13). The molecule has 0 atom stereocenters. The molecule has 0 aliphatic heterocycles. The molecule has 1 aromatic heterocycles. The Bertz CT molecular complexity index is 306. The molecule has 0 unspecified atom stereocenters. The van der Waals surface area contributed by atoms with Crippen LogP contribution in [0.1, 0.15) is 12.1 Å².